The van der Waals surface area contributed by atoms with Crippen molar-refractivity contribution in [2.45, 2.75) is 6.92 Å². The van der Waals surface area contributed by atoms with Crippen LogP contribution in [0.4, 0.5) is 5.95 Å². The van der Waals surface area contributed by atoms with Gasteiger partial charge >= 0.3 is 0 Å². The first-order valence-corrected chi connectivity index (χ1v) is 7.97. The number of hydrogen-bond acceptors (Lipinski definition) is 5. The monoisotopic (exact) mass is 348 g/mol. The fourth-order valence-electron chi connectivity index (χ4n) is 2.74. The molecule has 8 heteroatoms. The summed E-state index contributed by atoms with van der Waals surface area (Å²) in [4.78, 5) is 16.9. The number of carbonyl (C=O) groups excluding carboxylic acids is 1. The quantitative estimate of drug-likeness (QED) is 0.525. The van der Waals surface area contributed by atoms with Crippen molar-refractivity contribution in [3.8, 4) is 17.1 Å². The summed E-state index contributed by atoms with van der Waals surface area (Å²) in [6.07, 6.45) is 0. The molecule has 4 aromatic rings. The van der Waals surface area contributed by atoms with Crippen LogP contribution in [0.2, 0.25) is 0 Å². The van der Waals surface area contributed by atoms with E-state index in [0.29, 0.717) is 17.3 Å². The van der Waals surface area contributed by atoms with Crippen LogP contribution in [-0.4, -0.2) is 38.4 Å². The van der Waals surface area contributed by atoms with E-state index in [1.54, 1.807) is 7.11 Å². The zero-order valence-corrected chi connectivity index (χ0v) is 14.2. The van der Waals surface area contributed by atoms with Crippen molar-refractivity contribution in [3.05, 3.63) is 53.7 Å². The lowest BCUT2D eigenvalue weighted by molar-refractivity contribution is 0.102. The van der Waals surface area contributed by atoms with E-state index in [4.69, 9.17) is 4.74 Å². The summed E-state index contributed by atoms with van der Waals surface area (Å²) < 4.78 is 5.32. The normalized spacial score (nSPS) is 10.8. The second-order valence-electron chi connectivity index (χ2n) is 5.78. The number of anilines is 1. The molecule has 0 aliphatic heterocycles. The number of amides is 1. The van der Waals surface area contributed by atoms with Gasteiger partial charge in [-0.05, 0) is 31.2 Å². The number of rotatable bonds is 4. The maximum absolute atomic E-state index is 12.6. The molecule has 0 atom stereocenters. The lowest BCUT2D eigenvalue weighted by Gasteiger charge is -2.04. The standard InChI is InChI=1S/C18H16N6O2/c1-10-7-8-13-12(9-10)15(22-21-13)17(25)20-18-19-16(23-24-18)11-5-3-4-6-14(11)26-2/h3-9H,1-2H3,(H,21,22)(H2,19,20,23,24,25). The molecule has 3 N–H and O–H groups in total. The fourth-order valence-corrected chi connectivity index (χ4v) is 2.74. The van der Waals surface area contributed by atoms with E-state index in [1.807, 2.05) is 49.4 Å². The number of para-hydroxylation sites is 1. The second kappa shape index (κ2) is 6.32. The summed E-state index contributed by atoms with van der Waals surface area (Å²) in [7, 11) is 1.59. The smallest absolute Gasteiger partial charge is 0.279 e. The van der Waals surface area contributed by atoms with E-state index < -0.39 is 0 Å². The highest BCUT2D eigenvalue weighted by molar-refractivity contribution is 6.10. The third-order valence-electron chi connectivity index (χ3n) is 4.01. The van der Waals surface area contributed by atoms with Gasteiger partial charge in [-0.3, -0.25) is 20.3 Å². The van der Waals surface area contributed by atoms with Gasteiger partial charge in [-0.15, -0.1) is 5.10 Å². The lowest BCUT2D eigenvalue weighted by Crippen LogP contribution is -2.14. The number of fused-ring (bicyclic) bond motifs is 1. The van der Waals surface area contributed by atoms with Gasteiger partial charge in [0.25, 0.3) is 5.91 Å². The molecule has 26 heavy (non-hydrogen) atoms. The average Bonchev–Trinajstić information content (AvgIpc) is 3.28. The molecular weight excluding hydrogens is 332 g/mol. The zero-order valence-electron chi connectivity index (χ0n) is 14.2. The molecule has 8 nitrogen and oxygen atoms in total. The Bertz CT molecular complexity index is 1100. The van der Waals surface area contributed by atoms with Gasteiger partial charge in [-0.1, -0.05) is 23.8 Å². The Kier molecular flexibility index (Phi) is 3.85. The van der Waals surface area contributed by atoms with Crippen LogP contribution in [0.25, 0.3) is 22.3 Å². The van der Waals surface area contributed by atoms with E-state index in [9.17, 15) is 4.79 Å². The van der Waals surface area contributed by atoms with Crippen LogP contribution in [0.3, 0.4) is 0 Å². The highest BCUT2D eigenvalue weighted by atomic mass is 16.5. The molecule has 0 saturated heterocycles. The Balaban J connectivity index is 1.61. The van der Waals surface area contributed by atoms with Gasteiger partial charge in [0.15, 0.2) is 11.5 Å². The minimum atomic E-state index is -0.382. The minimum absolute atomic E-state index is 0.166. The van der Waals surface area contributed by atoms with Crippen LogP contribution in [0, 0.1) is 6.92 Å². The number of aromatic amines is 2. The summed E-state index contributed by atoms with van der Waals surface area (Å²) in [6.45, 7) is 1.96. The van der Waals surface area contributed by atoms with E-state index in [0.717, 1.165) is 22.0 Å². The number of nitrogens with one attached hydrogen (secondary N) is 3. The average molecular weight is 348 g/mol. The van der Waals surface area contributed by atoms with Crippen LogP contribution in [0.5, 0.6) is 5.75 Å². The first kappa shape index (κ1) is 15.8. The third kappa shape index (κ3) is 2.77. The first-order valence-electron chi connectivity index (χ1n) is 7.97. The van der Waals surface area contributed by atoms with E-state index in [1.165, 1.54) is 0 Å². The number of methoxy groups -OCH3 is 1. The predicted molar refractivity (Wildman–Crippen MR) is 97.2 cm³/mol. The van der Waals surface area contributed by atoms with Crippen molar-refractivity contribution >= 4 is 22.8 Å². The number of aromatic nitrogens is 5. The lowest BCUT2D eigenvalue weighted by atomic mass is 10.1. The van der Waals surface area contributed by atoms with Crippen LogP contribution < -0.4 is 10.1 Å². The molecular formula is C18H16N6O2. The molecule has 0 radical (unpaired) electrons. The van der Waals surface area contributed by atoms with Crippen molar-refractivity contribution in [3.63, 3.8) is 0 Å². The molecule has 0 aliphatic rings. The van der Waals surface area contributed by atoms with Crippen LogP contribution in [0.1, 0.15) is 16.1 Å². The Morgan fingerprint density at radius 1 is 1.12 bits per heavy atom. The number of benzene rings is 2. The SMILES string of the molecule is COc1ccccc1-c1nc(NC(=O)c2n[nH]c3ccc(C)cc23)n[nH]1. The number of carbonyl (C=O) groups is 1. The summed E-state index contributed by atoms with van der Waals surface area (Å²) in [5.74, 6) is 0.947. The van der Waals surface area contributed by atoms with Crippen LogP contribution in [0.15, 0.2) is 42.5 Å². The maximum atomic E-state index is 12.6. The highest BCUT2D eigenvalue weighted by Crippen LogP contribution is 2.27. The van der Waals surface area contributed by atoms with Gasteiger partial charge in [0.05, 0.1) is 18.2 Å². The van der Waals surface area contributed by atoms with E-state index in [2.05, 4.69) is 30.7 Å². The molecule has 0 bridgehead atoms. The molecule has 0 saturated carbocycles. The van der Waals surface area contributed by atoms with E-state index in [-0.39, 0.29) is 11.9 Å². The molecule has 0 spiro atoms. The number of nitrogens with zero attached hydrogens (tertiary/aromatic N) is 3. The molecule has 1 amide bonds. The number of aryl methyl sites for hydroxylation is 1. The van der Waals surface area contributed by atoms with E-state index >= 15 is 0 Å². The molecule has 130 valence electrons. The summed E-state index contributed by atoms with van der Waals surface area (Å²) >= 11 is 0. The topological polar surface area (TPSA) is 109 Å². The van der Waals surface area contributed by atoms with Gasteiger partial charge in [-0.2, -0.15) is 10.1 Å². The highest BCUT2D eigenvalue weighted by Gasteiger charge is 2.17. The minimum Gasteiger partial charge on any atom is -0.496 e. The van der Waals surface area contributed by atoms with Crippen molar-refractivity contribution in [2.24, 2.45) is 0 Å². The van der Waals surface area contributed by atoms with Crippen LogP contribution in [-0.2, 0) is 0 Å². The zero-order chi connectivity index (χ0) is 18.1. The second-order valence-corrected chi connectivity index (χ2v) is 5.78. The Morgan fingerprint density at radius 2 is 1.96 bits per heavy atom. The van der Waals surface area contributed by atoms with Crippen molar-refractivity contribution in [1.82, 2.24) is 25.4 Å². The Morgan fingerprint density at radius 3 is 2.81 bits per heavy atom. The Labute approximate surface area is 148 Å². The van der Waals surface area contributed by atoms with Crippen molar-refractivity contribution in [1.29, 1.82) is 0 Å². The number of hydrogen-bond donors (Lipinski definition) is 3. The Hall–Kier alpha value is -3.68. The van der Waals surface area contributed by atoms with Crippen LogP contribution >= 0.6 is 0 Å². The van der Waals surface area contributed by atoms with Gasteiger partial charge in [0.2, 0.25) is 5.95 Å². The van der Waals surface area contributed by atoms with Gasteiger partial charge in [0.1, 0.15) is 5.75 Å². The molecule has 0 fully saturated rings. The van der Waals surface area contributed by atoms with Crippen molar-refractivity contribution in [2.75, 3.05) is 12.4 Å². The van der Waals surface area contributed by atoms with Crippen molar-refractivity contribution < 1.29 is 9.53 Å². The fraction of sp³-hybridized carbons (Fsp3) is 0.111. The molecule has 2 aromatic heterocycles. The molecule has 0 aliphatic carbocycles. The first-order chi connectivity index (χ1) is 12.7. The number of H-pyrrole nitrogens is 2. The third-order valence-corrected chi connectivity index (χ3v) is 4.01. The van der Waals surface area contributed by atoms with Gasteiger partial charge in [-0.25, -0.2) is 0 Å². The molecule has 4 rings (SSSR count). The summed E-state index contributed by atoms with van der Waals surface area (Å²) in [6, 6.07) is 13.2. The molecule has 2 heterocycles. The summed E-state index contributed by atoms with van der Waals surface area (Å²) in [5.41, 5.74) is 2.89. The number of ether oxygens (including phenoxy) is 1. The maximum Gasteiger partial charge on any atom is 0.279 e. The van der Waals surface area contributed by atoms with Gasteiger partial charge < -0.3 is 4.74 Å². The molecule has 0 unspecified atom stereocenters. The van der Waals surface area contributed by atoms with Gasteiger partial charge in [0, 0.05) is 5.39 Å². The summed E-state index contributed by atoms with van der Waals surface area (Å²) in [5, 5.41) is 17.2. The largest absolute Gasteiger partial charge is 0.496 e. The molecule has 2 aromatic carbocycles. The predicted octanol–water partition coefficient (Wildman–Crippen LogP) is 2.92.